The van der Waals surface area contributed by atoms with Crippen molar-refractivity contribution < 1.29 is 4.74 Å². The summed E-state index contributed by atoms with van der Waals surface area (Å²) in [7, 11) is 0. The van der Waals surface area contributed by atoms with Gasteiger partial charge in [-0.05, 0) is 11.4 Å². The van der Waals surface area contributed by atoms with Gasteiger partial charge in [-0.2, -0.15) is 0 Å². The van der Waals surface area contributed by atoms with Gasteiger partial charge in [0.05, 0.1) is 6.61 Å². The Bertz CT molecular complexity index is 225. The largest absolute Gasteiger partial charge is 0.365 e. The van der Waals surface area contributed by atoms with Crippen LogP contribution in [-0.2, 0) is 4.74 Å². The second kappa shape index (κ2) is 2.56. The van der Waals surface area contributed by atoms with Gasteiger partial charge in [0.25, 0.3) is 0 Å². The predicted octanol–water partition coefficient (Wildman–Crippen LogP) is 2.38. The lowest BCUT2D eigenvalue weighted by Gasteiger charge is -2.03. The first-order chi connectivity index (χ1) is 4.97. The molecule has 0 radical (unpaired) electrons. The van der Waals surface area contributed by atoms with E-state index in [1.54, 1.807) is 11.3 Å². The Morgan fingerprint density at radius 1 is 1.60 bits per heavy atom. The Morgan fingerprint density at radius 3 is 3.20 bits per heavy atom. The smallest absolute Gasteiger partial charge is 0.110 e. The molecule has 10 heavy (non-hydrogen) atoms. The molecule has 2 heteroatoms. The molecule has 0 aliphatic carbocycles. The van der Waals surface area contributed by atoms with Gasteiger partial charge in [-0.25, -0.2) is 0 Å². The van der Waals surface area contributed by atoms with Gasteiger partial charge >= 0.3 is 0 Å². The van der Waals surface area contributed by atoms with E-state index in [9.17, 15) is 0 Å². The highest BCUT2D eigenvalue weighted by Crippen LogP contribution is 2.26. The fourth-order valence-electron chi connectivity index (χ4n) is 1.02. The lowest BCUT2D eigenvalue weighted by atomic mass is 10.3. The maximum absolute atomic E-state index is 5.40. The molecule has 1 atom stereocenters. The molecule has 0 bridgehead atoms. The maximum Gasteiger partial charge on any atom is 0.110 e. The first-order valence-electron chi connectivity index (χ1n) is 3.28. The van der Waals surface area contributed by atoms with E-state index in [4.69, 9.17) is 4.74 Å². The van der Waals surface area contributed by atoms with Gasteiger partial charge in [0.2, 0.25) is 0 Å². The highest BCUT2D eigenvalue weighted by molar-refractivity contribution is 7.10. The second-order valence-corrected chi connectivity index (χ2v) is 3.18. The summed E-state index contributed by atoms with van der Waals surface area (Å²) in [5.41, 5.74) is 0. The van der Waals surface area contributed by atoms with Crippen LogP contribution in [0.2, 0.25) is 0 Å². The molecule has 1 nitrogen and oxygen atoms in total. The lowest BCUT2D eigenvalue weighted by molar-refractivity contribution is 0.132. The van der Waals surface area contributed by atoms with Crippen LogP contribution in [0.4, 0.5) is 0 Å². The average Bonchev–Trinajstić information content (AvgIpc) is 2.59. The van der Waals surface area contributed by atoms with Gasteiger partial charge < -0.3 is 4.74 Å². The molecule has 2 heterocycles. The van der Waals surface area contributed by atoms with Crippen LogP contribution in [0.3, 0.4) is 0 Å². The Hall–Kier alpha value is -0.600. The van der Waals surface area contributed by atoms with Crippen molar-refractivity contribution in [3.05, 3.63) is 34.5 Å². The van der Waals surface area contributed by atoms with E-state index >= 15 is 0 Å². The SMILES string of the molecule is C1=CC(c2cccs2)OC1. The molecule has 0 N–H and O–H groups in total. The third-order valence-corrected chi connectivity index (χ3v) is 2.44. The summed E-state index contributed by atoms with van der Waals surface area (Å²) in [6.07, 6.45) is 4.40. The Balaban J connectivity index is 2.20. The van der Waals surface area contributed by atoms with Gasteiger partial charge in [0.1, 0.15) is 6.10 Å². The minimum atomic E-state index is 0.236. The van der Waals surface area contributed by atoms with Crippen molar-refractivity contribution in [3.8, 4) is 0 Å². The van der Waals surface area contributed by atoms with Crippen molar-refractivity contribution in [2.24, 2.45) is 0 Å². The first-order valence-corrected chi connectivity index (χ1v) is 4.16. The third kappa shape index (κ3) is 1.00. The third-order valence-electron chi connectivity index (χ3n) is 1.51. The maximum atomic E-state index is 5.40. The summed E-state index contributed by atoms with van der Waals surface area (Å²) >= 11 is 1.74. The van der Waals surface area contributed by atoms with E-state index in [1.807, 2.05) is 0 Å². The molecular weight excluding hydrogens is 144 g/mol. The number of ether oxygens (including phenoxy) is 1. The zero-order chi connectivity index (χ0) is 6.81. The van der Waals surface area contributed by atoms with E-state index in [-0.39, 0.29) is 6.10 Å². The van der Waals surface area contributed by atoms with Crippen molar-refractivity contribution in [1.29, 1.82) is 0 Å². The van der Waals surface area contributed by atoms with Crippen molar-refractivity contribution in [1.82, 2.24) is 0 Å². The number of thiophene rings is 1. The summed E-state index contributed by atoms with van der Waals surface area (Å²) in [4.78, 5) is 1.30. The van der Waals surface area contributed by atoms with Gasteiger partial charge in [-0.1, -0.05) is 18.2 Å². The number of hydrogen-bond acceptors (Lipinski definition) is 2. The monoisotopic (exact) mass is 152 g/mol. The zero-order valence-corrected chi connectivity index (χ0v) is 6.30. The molecule has 0 aromatic carbocycles. The summed E-state index contributed by atoms with van der Waals surface area (Å²) in [6.45, 7) is 0.766. The minimum absolute atomic E-state index is 0.236. The number of rotatable bonds is 1. The highest BCUT2D eigenvalue weighted by Gasteiger charge is 2.11. The molecule has 1 aliphatic rings. The van der Waals surface area contributed by atoms with Crippen LogP contribution >= 0.6 is 11.3 Å². The molecule has 2 rings (SSSR count). The topological polar surface area (TPSA) is 9.23 Å². The van der Waals surface area contributed by atoms with Crippen LogP contribution in [0.15, 0.2) is 29.7 Å². The van der Waals surface area contributed by atoms with Crippen LogP contribution in [0.5, 0.6) is 0 Å². The van der Waals surface area contributed by atoms with E-state index in [0.29, 0.717) is 0 Å². The fraction of sp³-hybridized carbons (Fsp3) is 0.250. The summed E-state index contributed by atoms with van der Waals surface area (Å²) in [5, 5.41) is 2.07. The van der Waals surface area contributed by atoms with Crippen LogP contribution in [0.25, 0.3) is 0 Å². The zero-order valence-electron chi connectivity index (χ0n) is 5.49. The molecule has 52 valence electrons. The van der Waals surface area contributed by atoms with E-state index in [1.165, 1.54) is 4.88 Å². The van der Waals surface area contributed by atoms with E-state index < -0.39 is 0 Å². The Labute approximate surface area is 63.9 Å². The number of hydrogen-bond donors (Lipinski definition) is 0. The molecule has 1 aromatic heterocycles. The molecule has 0 amide bonds. The fourth-order valence-corrected chi connectivity index (χ4v) is 1.78. The summed E-state index contributed by atoms with van der Waals surface area (Å²) in [6, 6.07) is 4.15. The van der Waals surface area contributed by atoms with E-state index in [2.05, 4.69) is 29.7 Å². The summed E-state index contributed by atoms with van der Waals surface area (Å²) < 4.78 is 5.40. The Morgan fingerprint density at radius 2 is 2.60 bits per heavy atom. The Kier molecular flexibility index (Phi) is 1.57. The molecule has 0 saturated heterocycles. The quantitative estimate of drug-likeness (QED) is 0.561. The van der Waals surface area contributed by atoms with Crippen molar-refractivity contribution >= 4 is 11.3 Å². The van der Waals surface area contributed by atoms with Crippen molar-refractivity contribution in [2.75, 3.05) is 6.61 Å². The van der Waals surface area contributed by atoms with Gasteiger partial charge in [0.15, 0.2) is 0 Å². The molecule has 0 saturated carbocycles. The molecule has 0 fully saturated rings. The first kappa shape index (κ1) is 6.13. The lowest BCUT2D eigenvalue weighted by Crippen LogP contribution is -1.90. The van der Waals surface area contributed by atoms with Gasteiger partial charge in [-0.3, -0.25) is 0 Å². The van der Waals surface area contributed by atoms with Crippen molar-refractivity contribution in [2.45, 2.75) is 6.10 Å². The standard InChI is InChI=1S/C8H8OS/c1-3-7(9-5-1)8-4-2-6-10-8/h1-4,6-7H,5H2. The molecular formula is C8H8OS. The van der Waals surface area contributed by atoms with Gasteiger partial charge in [-0.15, -0.1) is 11.3 Å². The molecule has 1 unspecified atom stereocenters. The van der Waals surface area contributed by atoms with Crippen LogP contribution in [-0.4, -0.2) is 6.61 Å². The van der Waals surface area contributed by atoms with Crippen molar-refractivity contribution in [3.63, 3.8) is 0 Å². The van der Waals surface area contributed by atoms with Crippen LogP contribution in [0, 0.1) is 0 Å². The molecule has 1 aliphatic heterocycles. The minimum Gasteiger partial charge on any atom is -0.365 e. The second-order valence-electron chi connectivity index (χ2n) is 2.20. The van der Waals surface area contributed by atoms with Crippen LogP contribution < -0.4 is 0 Å². The normalized spacial score (nSPS) is 23.8. The molecule has 0 spiro atoms. The van der Waals surface area contributed by atoms with Gasteiger partial charge in [0, 0.05) is 4.88 Å². The molecule has 1 aromatic rings. The van der Waals surface area contributed by atoms with Crippen LogP contribution in [0.1, 0.15) is 11.0 Å². The summed E-state index contributed by atoms with van der Waals surface area (Å²) in [5.74, 6) is 0. The highest BCUT2D eigenvalue weighted by atomic mass is 32.1. The predicted molar refractivity (Wildman–Crippen MR) is 42.2 cm³/mol. The van der Waals surface area contributed by atoms with E-state index in [0.717, 1.165) is 6.61 Å². The average molecular weight is 152 g/mol.